The van der Waals surface area contributed by atoms with E-state index in [1.165, 1.54) is 12.0 Å². The SMILES string of the molecule is COc1ccc(CCC2CCCCN2C(=O)Cc2c(C)noc2C)cc1OC. The van der Waals surface area contributed by atoms with E-state index in [2.05, 4.69) is 16.1 Å². The van der Waals surface area contributed by atoms with Crippen LogP contribution in [0.2, 0.25) is 0 Å². The van der Waals surface area contributed by atoms with Gasteiger partial charge in [0.1, 0.15) is 5.76 Å². The standard InChI is InChI=1S/C22H30N2O4/c1-15-19(16(2)28-23-15)14-22(25)24-12-6-5-7-18(24)10-8-17-9-11-20(26-3)21(13-17)27-4/h9,11,13,18H,5-8,10,12,14H2,1-4H3. The van der Waals surface area contributed by atoms with Crippen LogP contribution in [0.25, 0.3) is 0 Å². The molecule has 6 nitrogen and oxygen atoms in total. The van der Waals surface area contributed by atoms with Gasteiger partial charge in [0.15, 0.2) is 11.5 Å². The number of nitrogens with zero attached hydrogens (tertiary/aromatic N) is 2. The molecular formula is C22H30N2O4. The lowest BCUT2D eigenvalue weighted by atomic mass is 9.95. The van der Waals surface area contributed by atoms with E-state index in [4.69, 9.17) is 14.0 Å². The third-order valence-corrected chi connectivity index (χ3v) is 5.67. The van der Waals surface area contributed by atoms with Crippen LogP contribution in [0.15, 0.2) is 22.7 Å². The van der Waals surface area contributed by atoms with Crippen LogP contribution in [-0.4, -0.2) is 42.8 Å². The molecule has 0 bridgehead atoms. The molecule has 0 N–H and O–H groups in total. The van der Waals surface area contributed by atoms with Gasteiger partial charge >= 0.3 is 0 Å². The Morgan fingerprint density at radius 3 is 2.68 bits per heavy atom. The first-order valence-electron chi connectivity index (χ1n) is 9.95. The second kappa shape index (κ2) is 9.13. The third kappa shape index (κ3) is 4.49. The summed E-state index contributed by atoms with van der Waals surface area (Å²) in [6.07, 6.45) is 5.52. The number of hydrogen-bond acceptors (Lipinski definition) is 5. The first-order valence-corrected chi connectivity index (χ1v) is 9.95. The van der Waals surface area contributed by atoms with Gasteiger partial charge in [-0.1, -0.05) is 11.2 Å². The van der Waals surface area contributed by atoms with Crippen molar-refractivity contribution in [2.45, 2.75) is 58.4 Å². The summed E-state index contributed by atoms with van der Waals surface area (Å²) in [6.45, 7) is 4.59. The van der Waals surface area contributed by atoms with E-state index in [1.54, 1.807) is 14.2 Å². The Labute approximate surface area is 166 Å². The highest BCUT2D eigenvalue weighted by molar-refractivity contribution is 5.79. The highest BCUT2D eigenvalue weighted by Gasteiger charge is 2.27. The fourth-order valence-electron chi connectivity index (χ4n) is 4.01. The van der Waals surface area contributed by atoms with E-state index < -0.39 is 0 Å². The van der Waals surface area contributed by atoms with Crippen LogP contribution in [0.4, 0.5) is 0 Å². The molecular weight excluding hydrogens is 356 g/mol. The van der Waals surface area contributed by atoms with Gasteiger partial charge in [-0.15, -0.1) is 0 Å². The second-order valence-electron chi connectivity index (χ2n) is 7.44. The summed E-state index contributed by atoms with van der Waals surface area (Å²) in [4.78, 5) is 15.1. The van der Waals surface area contributed by atoms with Gasteiger partial charge < -0.3 is 18.9 Å². The summed E-state index contributed by atoms with van der Waals surface area (Å²) in [5.41, 5.74) is 2.93. The van der Waals surface area contributed by atoms with Crippen LogP contribution >= 0.6 is 0 Å². The maximum absolute atomic E-state index is 13.0. The average molecular weight is 386 g/mol. The van der Waals surface area contributed by atoms with Gasteiger partial charge in [-0.25, -0.2) is 0 Å². The summed E-state index contributed by atoms with van der Waals surface area (Å²) in [5.74, 6) is 2.39. The molecule has 6 heteroatoms. The van der Waals surface area contributed by atoms with Crippen molar-refractivity contribution in [2.75, 3.05) is 20.8 Å². The van der Waals surface area contributed by atoms with Crippen molar-refractivity contribution < 1.29 is 18.8 Å². The lowest BCUT2D eigenvalue weighted by Crippen LogP contribution is -2.44. The highest BCUT2D eigenvalue weighted by atomic mass is 16.5. The van der Waals surface area contributed by atoms with Gasteiger partial charge in [-0.3, -0.25) is 4.79 Å². The van der Waals surface area contributed by atoms with Gasteiger partial charge in [0, 0.05) is 18.2 Å². The summed E-state index contributed by atoms with van der Waals surface area (Å²) in [7, 11) is 3.29. The number of carbonyl (C=O) groups is 1. The molecule has 0 radical (unpaired) electrons. The molecule has 1 aromatic carbocycles. The van der Waals surface area contributed by atoms with E-state index >= 15 is 0 Å². The zero-order valence-electron chi connectivity index (χ0n) is 17.3. The number of piperidine rings is 1. The minimum atomic E-state index is 0.173. The Balaban J connectivity index is 1.65. The van der Waals surface area contributed by atoms with E-state index in [9.17, 15) is 4.79 Å². The molecule has 1 aliphatic rings. The van der Waals surface area contributed by atoms with Crippen molar-refractivity contribution in [2.24, 2.45) is 0 Å². The Bertz CT molecular complexity index is 795. The number of aryl methyl sites for hydroxylation is 3. The van der Waals surface area contributed by atoms with E-state index in [0.717, 1.165) is 60.7 Å². The van der Waals surface area contributed by atoms with Crippen LogP contribution in [0.3, 0.4) is 0 Å². The molecule has 0 saturated carbocycles. The maximum atomic E-state index is 13.0. The molecule has 1 fully saturated rings. The molecule has 2 aromatic rings. The summed E-state index contributed by atoms with van der Waals surface area (Å²) < 4.78 is 15.9. The Morgan fingerprint density at radius 2 is 2.00 bits per heavy atom. The lowest BCUT2D eigenvalue weighted by Gasteiger charge is -2.36. The van der Waals surface area contributed by atoms with Crippen molar-refractivity contribution in [1.82, 2.24) is 10.1 Å². The Morgan fingerprint density at radius 1 is 1.21 bits per heavy atom. The topological polar surface area (TPSA) is 64.8 Å². The first kappa shape index (κ1) is 20.2. The monoisotopic (exact) mass is 386 g/mol. The van der Waals surface area contributed by atoms with Gasteiger partial charge in [0.25, 0.3) is 0 Å². The molecule has 3 rings (SSSR count). The zero-order valence-corrected chi connectivity index (χ0v) is 17.3. The molecule has 0 aliphatic carbocycles. The summed E-state index contributed by atoms with van der Waals surface area (Å²) >= 11 is 0. The number of aromatic nitrogens is 1. The van der Waals surface area contributed by atoms with Gasteiger partial charge in [0.2, 0.25) is 5.91 Å². The molecule has 0 spiro atoms. The van der Waals surface area contributed by atoms with Crippen molar-refractivity contribution >= 4 is 5.91 Å². The van der Waals surface area contributed by atoms with Crippen molar-refractivity contribution in [1.29, 1.82) is 0 Å². The van der Waals surface area contributed by atoms with Crippen molar-refractivity contribution in [3.63, 3.8) is 0 Å². The van der Waals surface area contributed by atoms with Gasteiger partial charge in [0.05, 0.1) is 26.3 Å². The van der Waals surface area contributed by atoms with E-state index in [-0.39, 0.29) is 11.9 Å². The largest absolute Gasteiger partial charge is 0.493 e. The molecule has 1 aromatic heterocycles. The average Bonchev–Trinajstić information content (AvgIpc) is 3.04. The van der Waals surface area contributed by atoms with Crippen LogP contribution in [-0.2, 0) is 17.6 Å². The normalized spacial score (nSPS) is 16.9. The summed E-state index contributed by atoms with van der Waals surface area (Å²) in [5, 5.41) is 3.97. The molecule has 1 aliphatic heterocycles. The number of amides is 1. The molecule has 1 unspecified atom stereocenters. The smallest absolute Gasteiger partial charge is 0.227 e. The van der Waals surface area contributed by atoms with E-state index in [1.807, 2.05) is 26.0 Å². The second-order valence-corrected chi connectivity index (χ2v) is 7.44. The third-order valence-electron chi connectivity index (χ3n) is 5.67. The molecule has 152 valence electrons. The number of benzene rings is 1. The lowest BCUT2D eigenvalue weighted by molar-refractivity contribution is -0.134. The minimum Gasteiger partial charge on any atom is -0.493 e. The van der Waals surface area contributed by atoms with Crippen LogP contribution in [0.1, 0.15) is 48.3 Å². The maximum Gasteiger partial charge on any atom is 0.227 e. The van der Waals surface area contributed by atoms with Crippen LogP contribution in [0, 0.1) is 13.8 Å². The Hall–Kier alpha value is -2.50. The zero-order chi connectivity index (χ0) is 20.1. The molecule has 2 heterocycles. The van der Waals surface area contributed by atoms with Crippen molar-refractivity contribution in [3.8, 4) is 11.5 Å². The summed E-state index contributed by atoms with van der Waals surface area (Å²) in [6, 6.07) is 6.31. The Kier molecular flexibility index (Phi) is 6.60. The fourth-order valence-corrected chi connectivity index (χ4v) is 4.01. The minimum absolute atomic E-state index is 0.173. The van der Waals surface area contributed by atoms with Crippen molar-refractivity contribution in [3.05, 3.63) is 40.8 Å². The number of methoxy groups -OCH3 is 2. The number of hydrogen-bond donors (Lipinski definition) is 0. The molecule has 1 atom stereocenters. The highest BCUT2D eigenvalue weighted by Crippen LogP contribution is 2.29. The number of rotatable bonds is 7. The number of ether oxygens (including phenoxy) is 2. The number of carbonyl (C=O) groups excluding carboxylic acids is 1. The fraction of sp³-hybridized carbons (Fsp3) is 0.545. The molecule has 1 amide bonds. The first-order chi connectivity index (χ1) is 13.5. The predicted molar refractivity (Wildman–Crippen MR) is 107 cm³/mol. The van der Waals surface area contributed by atoms with E-state index in [0.29, 0.717) is 6.42 Å². The van der Waals surface area contributed by atoms with Gasteiger partial charge in [-0.05, 0) is 63.6 Å². The molecule has 1 saturated heterocycles. The van der Waals surface area contributed by atoms with Crippen LogP contribution < -0.4 is 9.47 Å². The predicted octanol–water partition coefficient (Wildman–Crippen LogP) is 3.87. The number of likely N-dealkylation sites (tertiary alicyclic amines) is 1. The quantitative estimate of drug-likeness (QED) is 0.723. The molecule has 28 heavy (non-hydrogen) atoms. The van der Waals surface area contributed by atoms with Gasteiger partial charge in [-0.2, -0.15) is 0 Å². The van der Waals surface area contributed by atoms with Crippen LogP contribution in [0.5, 0.6) is 11.5 Å².